The largest absolute Gasteiger partial charge is 0.481 e. The number of carbonyl (C=O) groups is 2. The third-order valence-electron chi connectivity index (χ3n) is 5.04. The molecule has 0 bridgehead atoms. The Labute approximate surface area is 131 Å². The lowest BCUT2D eigenvalue weighted by atomic mass is 9.82. The number of nitrogens with zero attached hydrogens (tertiary/aromatic N) is 1. The zero-order valence-electron chi connectivity index (χ0n) is 12.8. The number of rotatable bonds is 3. The highest BCUT2D eigenvalue weighted by Crippen LogP contribution is 2.28. The molecule has 1 N–H and O–H groups in total. The van der Waals surface area contributed by atoms with Crippen LogP contribution in [0.5, 0.6) is 0 Å². The van der Waals surface area contributed by atoms with Gasteiger partial charge in [0.2, 0.25) is 5.91 Å². The second-order valence-electron chi connectivity index (χ2n) is 6.60. The van der Waals surface area contributed by atoms with Gasteiger partial charge in [0.05, 0.1) is 5.92 Å². The highest BCUT2D eigenvalue weighted by atomic mass is 16.4. The molecule has 22 heavy (non-hydrogen) atoms. The molecule has 1 heterocycles. The number of amides is 1. The SMILES string of the molecule is O=C(O)[C@@H]1CCCN(C(=O)C[C@H]2CCc3ccccc3C2)C1. The van der Waals surface area contributed by atoms with Crippen LogP contribution in [0.1, 0.15) is 36.8 Å². The van der Waals surface area contributed by atoms with Crippen molar-refractivity contribution in [1.82, 2.24) is 4.90 Å². The molecule has 0 radical (unpaired) electrons. The van der Waals surface area contributed by atoms with Gasteiger partial charge in [-0.3, -0.25) is 9.59 Å². The molecule has 3 rings (SSSR count). The number of piperidine rings is 1. The quantitative estimate of drug-likeness (QED) is 0.933. The van der Waals surface area contributed by atoms with Crippen LogP contribution in [-0.4, -0.2) is 35.0 Å². The Morgan fingerprint density at radius 2 is 1.95 bits per heavy atom. The summed E-state index contributed by atoms with van der Waals surface area (Å²) in [6, 6.07) is 8.47. The molecule has 1 fully saturated rings. The molecule has 1 aliphatic carbocycles. The summed E-state index contributed by atoms with van der Waals surface area (Å²) in [5.74, 6) is -0.628. The van der Waals surface area contributed by atoms with Crippen LogP contribution >= 0.6 is 0 Å². The van der Waals surface area contributed by atoms with Gasteiger partial charge >= 0.3 is 5.97 Å². The zero-order chi connectivity index (χ0) is 15.5. The summed E-state index contributed by atoms with van der Waals surface area (Å²) in [6.07, 6.45) is 5.12. The van der Waals surface area contributed by atoms with Gasteiger partial charge < -0.3 is 10.0 Å². The first-order valence-corrected chi connectivity index (χ1v) is 8.21. The van der Waals surface area contributed by atoms with E-state index in [1.165, 1.54) is 11.1 Å². The van der Waals surface area contributed by atoms with Crippen LogP contribution in [0.15, 0.2) is 24.3 Å². The van der Waals surface area contributed by atoms with Gasteiger partial charge in [-0.15, -0.1) is 0 Å². The van der Waals surface area contributed by atoms with Crippen molar-refractivity contribution in [3.8, 4) is 0 Å². The lowest BCUT2D eigenvalue weighted by Gasteiger charge is -2.32. The summed E-state index contributed by atoms with van der Waals surface area (Å²) in [4.78, 5) is 25.4. The van der Waals surface area contributed by atoms with Gasteiger partial charge in [0, 0.05) is 19.5 Å². The average Bonchev–Trinajstić information content (AvgIpc) is 2.55. The Morgan fingerprint density at radius 1 is 1.18 bits per heavy atom. The maximum Gasteiger partial charge on any atom is 0.308 e. The summed E-state index contributed by atoms with van der Waals surface area (Å²) >= 11 is 0. The minimum atomic E-state index is -0.774. The van der Waals surface area contributed by atoms with Crippen LogP contribution in [0.4, 0.5) is 0 Å². The number of hydrogen-bond donors (Lipinski definition) is 1. The summed E-state index contributed by atoms with van der Waals surface area (Å²) in [5.41, 5.74) is 2.78. The summed E-state index contributed by atoms with van der Waals surface area (Å²) in [5, 5.41) is 9.13. The van der Waals surface area contributed by atoms with Crippen LogP contribution in [0.3, 0.4) is 0 Å². The first-order valence-electron chi connectivity index (χ1n) is 8.21. The molecular weight excluding hydrogens is 278 g/mol. The molecule has 0 unspecified atom stereocenters. The number of likely N-dealkylation sites (tertiary alicyclic amines) is 1. The van der Waals surface area contributed by atoms with E-state index in [4.69, 9.17) is 5.11 Å². The fourth-order valence-electron chi connectivity index (χ4n) is 3.73. The smallest absolute Gasteiger partial charge is 0.308 e. The molecular formula is C18H23NO3. The first-order chi connectivity index (χ1) is 10.6. The van der Waals surface area contributed by atoms with Crippen molar-refractivity contribution in [3.05, 3.63) is 35.4 Å². The number of aryl methyl sites for hydroxylation is 1. The Kier molecular flexibility index (Phi) is 4.46. The van der Waals surface area contributed by atoms with Gasteiger partial charge in [0.25, 0.3) is 0 Å². The summed E-state index contributed by atoms with van der Waals surface area (Å²) in [6.45, 7) is 1.10. The molecule has 0 aromatic heterocycles. The molecule has 2 aliphatic rings. The maximum absolute atomic E-state index is 12.5. The van der Waals surface area contributed by atoms with Gasteiger partial charge in [-0.1, -0.05) is 24.3 Å². The summed E-state index contributed by atoms with van der Waals surface area (Å²) in [7, 11) is 0. The minimum Gasteiger partial charge on any atom is -0.481 e. The van der Waals surface area contributed by atoms with Gasteiger partial charge in [-0.2, -0.15) is 0 Å². The Morgan fingerprint density at radius 3 is 2.73 bits per heavy atom. The molecule has 4 heteroatoms. The number of hydrogen-bond acceptors (Lipinski definition) is 2. The number of fused-ring (bicyclic) bond motifs is 1. The van der Waals surface area contributed by atoms with Crippen molar-refractivity contribution in [3.63, 3.8) is 0 Å². The van der Waals surface area contributed by atoms with Crippen molar-refractivity contribution in [1.29, 1.82) is 0 Å². The Bertz CT molecular complexity index is 569. The van der Waals surface area contributed by atoms with E-state index < -0.39 is 5.97 Å². The number of benzene rings is 1. The van der Waals surface area contributed by atoms with Gasteiger partial charge in [0.15, 0.2) is 0 Å². The van der Waals surface area contributed by atoms with E-state index in [0.29, 0.717) is 31.8 Å². The summed E-state index contributed by atoms with van der Waals surface area (Å²) < 4.78 is 0. The lowest BCUT2D eigenvalue weighted by Crippen LogP contribution is -2.43. The van der Waals surface area contributed by atoms with Crippen LogP contribution in [0.25, 0.3) is 0 Å². The predicted octanol–water partition coefficient (Wildman–Crippen LogP) is 2.50. The van der Waals surface area contributed by atoms with Gasteiger partial charge in [-0.25, -0.2) is 0 Å². The van der Waals surface area contributed by atoms with E-state index in [9.17, 15) is 9.59 Å². The van der Waals surface area contributed by atoms with Crippen molar-refractivity contribution in [2.75, 3.05) is 13.1 Å². The number of carboxylic acid groups (broad SMARTS) is 1. The number of carboxylic acids is 1. The molecule has 2 atom stereocenters. The number of carbonyl (C=O) groups excluding carboxylic acids is 1. The maximum atomic E-state index is 12.5. The second-order valence-corrected chi connectivity index (χ2v) is 6.60. The Hall–Kier alpha value is -1.84. The fourth-order valence-corrected chi connectivity index (χ4v) is 3.73. The van der Waals surface area contributed by atoms with E-state index >= 15 is 0 Å². The monoisotopic (exact) mass is 301 g/mol. The topological polar surface area (TPSA) is 57.6 Å². The van der Waals surface area contributed by atoms with Crippen LogP contribution in [0, 0.1) is 11.8 Å². The van der Waals surface area contributed by atoms with E-state index in [0.717, 1.165) is 25.7 Å². The third kappa shape index (κ3) is 3.32. The van der Waals surface area contributed by atoms with Crippen LogP contribution in [-0.2, 0) is 22.4 Å². The van der Waals surface area contributed by atoms with E-state index in [1.807, 2.05) is 0 Å². The minimum absolute atomic E-state index is 0.135. The standard InChI is InChI=1S/C18H23NO3/c20-17(19-9-3-6-16(12-19)18(21)22)11-13-7-8-14-4-1-2-5-15(14)10-13/h1-2,4-5,13,16H,3,6-12H2,(H,21,22)/t13-,16+/m0/s1. The molecule has 118 valence electrons. The van der Waals surface area contributed by atoms with Crippen molar-refractivity contribution >= 4 is 11.9 Å². The molecule has 1 amide bonds. The average molecular weight is 301 g/mol. The highest BCUT2D eigenvalue weighted by Gasteiger charge is 2.29. The molecule has 1 saturated heterocycles. The van der Waals surface area contributed by atoms with E-state index in [-0.39, 0.29) is 11.8 Å². The third-order valence-corrected chi connectivity index (χ3v) is 5.04. The van der Waals surface area contributed by atoms with Crippen molar-refractivity contribution in [2.45, 2.75) is 38.5 Å². The van der Waals surface area contributed by atoms with E-state index in [1.54, 1.807) is 4.90 Å². The Balaban J connectivity index is 1.57. The van der Waals surface area contributed by atoms with Crippen molar-refractivity contribution in [2.24, 2.45) is 11.8 Å². The molecule has 1 aliphatic heterocycles. The first kappa shape index (κ1) is 15.1. The molecule has 1 aromatic rings. The molecule has 0 saturated carbocycles. The lowest BCUT2D eigenvalue weighted by molar-refractivity contribution is -0.145. The second kappa shape index (κ2) is 6.51. The van der Waals surface area contributed by atoms with Crippen LogP contribution in [0.2, 0.25) is 0 Å². The van der Waals surface area contributed by atoms with Gasteiger partial charge in [0.1, 0.15) is 0 Å². The van der Waals surface area contributed by atoms with Crippen LogP contribution < -0.4 is 0 Å². The molecule has 4 nitrogen and oxygen atoms in total. The van der Waals surface area contributed by atoms with Gasteiger partial charge in [-0.05, 0) is 49.1 Å². The normalized spacial score (nSPS) is 24.6. The fraction of sp³-hybridized carbons (Fsp3) is 0.556. The number of aliphatic carboxylic acids is 1. The highest BCUT2D eigenvalue weighted by molar-refractivity contribution is 5.78. The van der Waals surface area contributed by atoms with Crippen molar-refractivity contribution < 1.29 is 14.7 Å². The molecule has 1 aromatic carbocycles. The van der Waals surface area contributed by atoms with E-state index in [2.05, 4.69) is 24.3 Å². The predicted molar refractivity (Wildman–Crippen MR) is 83.5 cm³/mol. The molecule has 0 spiro atoms. The zero-order valence-corrected chi connectivity index (χ0v) is 12.8.